The lowest BCUT2D eigenvalue weighted by molar-refractivity contribution is 0.386. The highest BCUT2D eigenvalue weighted by Gasteiger charge is 2.03. The second-order valence-corrected chi connectivity index (χ2v) is 4.80. The summed E-state index contributed by atoms with van der Waals surface area (Å²) in [6.07, 6.45) is 2.70. The minimum absolute atomic E-state index is 0.279. The number of nitrogens with one attached hydrogen (secondary N) is 1. The molecule has 0 amide bonds. The van der Waals surface area contributed by atoms with Crippen molar-refractivity contribution in [3.05, 3.63) is 46.2 Å². The first-order chi connectivity index (χ1) is 8.79. The molecule has 1 N–H and O–H groups in total. The van der Waals surface area contributed by atoms with Gasteiger partial charge in [-0.2, -0.15) is 0 Å². The standard InChI is InChI=1S/C13H15FN2OS/c1-17-12-3-2-10(8-11(12)14)9-15-5-4-13-16-6-7-18-13/h2-3,6-8,15H,4-5,9H2,1H3. The molecular weight excluding hydrogens is 251 g/mol. The molecule has 0 saturated carbocycles. The van der Waals surface area contributed by atoms with Crippen LogP contribution in [0.2, 0.25) is 0 Å². The number of rotatable bonds is 6. The third-order valence-corrected chi connectivity index (χ3v) is 3.38. The van der Waals surface area contributed by atoms with E-state index in [-0.39, 0.29) is 11.6 Å². The monoisotopic (exact) mass is 266 g/mol. The average Bonchev–Trinajstić information content (AvgIpc) is 2.88. The largest absolute Gasteiger partial charge is 0.494 e. The van der Waals surface area contributed by atoms with Gasteiger partial charge in [-0.05, 0) is 17.7 Å². The summed E-state index contributed by atoms with van der Waals surface area (Å²) in [5.74, 6) is -0.0433. The van der Waals surface area contributed by atoms with Gasteiger partial charge in [-0.15, -0.1) is 11.3 Å². The number of ether oxygens (including phenoxy) is 1. The third-order valence-electron chi connectivity index (χ3n) is 2.54. The predicted molar refractivity (Wildman–Crippen MR) is 70.5 cm³/mol. The van der Waals surface area contributed by atoms with Crippen LogP contribution in [0.4, 0.5) is 4.39 Å². The SMILES string of the molecule is COc1ccc(CNCCc2nccs2)cc1F. The van der Waals surface area contributed by atoms with Gasteiger partial charge < -0.3 is 10.1 Å². The molecule has 0 spiro atoms. The molecule has 5 heteroatoms. The van der Waals surface area contributed by atoms with E-state index in [0.29, 0.717) is 6.54 Å². The normalized spacial score (nSPS) is 10.6. The van der Waals surface area contributed by atoms with Gasteiger partial charge in [-0.25, -0.2) is 9.37 Å². The minimum atomic E-state index is -0.322. The predicted octanol–water partition coefficient (Wildman–Crippen LogP) is 2.62. The Kier molecular flexibility index (Phi) is 4.66. The van der Waals surface area contributed by atoms with Crippen LogP contribution in [-0.4, -0.2) is 18.6 Å². The van der Waals surface area contributed by atoms with Crippen LogP contribution in [0.3, 0.4) is 0 Å². The highest BCUT2D eigenvalue weighted by atomic mass is 32.1. The maximum atomic E-state index is 13.4. The molecule has 0 aliphatic carbocycles. The fourth-order valence-corrected chi connectivity index (χ4v) is 2.24. The first-order valence-corrected chi connectivity index (χ1v) is 6.59. The van der Waals surface area contributed by atoms with Crippen molar-refractivity contribution in [2.24, 2.45) is 0 Å². The first-order valence-electron chi connectivity index (χ1n) is 5.71. The summed E-state index contributed by atoms with van der Waals surface area (Å²) >= 11 is 1.65. The maximum absolute atomic E-state index is 13.4. The van der Waals surface area contributed by atoms with Crippen LogP contribution < -0.4 is 10.1 Å². The van der Waals surface area contributed by atoms with E-state index in [1.54, 1.807) is 23.6 Å². The summed E-state index contributed by atoms with van der Waals surface area (Å²) < 4.78 is 18.3. The molecule has 0 radical (unpaired) electrons. The number of hydrogen-bond donors (Lipinski definition) is 1. The molecule has 18 heavy (non-hydrogen) atoms. The lowest BCUT2D eigenvalue weighted by Gasteiger charge is -2.06. The van der Waals surface area contributed by atoms with Crippen molar-refractivity contribution in [1.29, 1.82) is 0 Å². The Morgan fingerprint density at radius 2 is 2.33 bits per heavy atom. The molecule has 1 aromatic carbocycles. The van der Waals surface area contributed by atoms with Crippen molar-refractivity contribution >= 4 is 11.3 Å². The number of methoxy groups -OCH3 is 1. The summed E-state index contributed by atoms with van der Waals surface area (Å²) in [6, 6.07) is 5.00. The van der Waals surface area contributed by atoms with Gasteiger partial charge in [0, 0.05) is 31.1 Å². The van der Waals surface area contributed by atoms with Gasteiger partial charge >= 0.3 is 0 Å². The zero-order valence-corrected chi connectivity index (χ0v) is 11.0. The molecule has 0 fully saturated rings. The second kappa shape index (κ2) is 6.47. The van der Waals surface area contributed by atoms with E-state index < -0.39 is 0 Å². The van der Waals surface area contributed by atoms with Crippen LogP contribution in [0.1, 0.15) is 10.6 Å². The van der Waals surface area contributed by atoms with Crippen LogP contribution in [0.5, 0.6) is 5.75 Å². The molecule has 96 valence electrons. The molecular formula is C13H15FN2OS. The Morgan fingerprint density at radius 3 is 3.00 bits per heavy atom. The van der Waals surface area contributed by atoms with Gasteiger partial charge in [0.05, 0.1) is 12.1 Å². The van der Waals surface area contributed by atoms with Crippen molar-refractivity contribution in [2.75, 3.05) is 13.7 Å². The number of aromatic nitrogens is 1. The fourth-order valence-electron chi connectivity index (χ4n) is 1.62. The summed E-state index contributed by atoms with van der Waals surface area (Å²) in [6.45, 7) is 1.48. The quantitative estimate of drug-likeness (QED) is 0.816. The zero-order valence-electron chi connectivity index (χ0n) is 10.1. The van der Waals surface area contributed by atoms with Crippen molar-refractivity contribution in [3.8, 4) is 5.75 Å². The van der Waals surface area contributed by atoms with E-state index in [0.717, 1.165) is 23.5 Å². The Bertz CT molecular complexity index is 488. The van der Waals surface area contributed by atoms with E-state index in [1.165, 1.54) is 13.2 Å². The summed E-state index contributed by atoms with van der Waals surface area (Å²) in [5.41, 5.74) is 0.910. The van der Waals surface area contributed by atoms with Gasteiger partial charge in [0.25, 0.3) is 0 Å². The van der Waals surface area contributed by atoms with Gasteiger partial charge in [0.1, 0.15) is 0 Å². The number of benzene rings is 1. The molecule has 2 aromatic rings. The second-order valence-electron chi connectivity index (χ2n) is 3.82. The molecule has 0 aliphatic rings. The van der Waals surface area contributed by atoms with E-state index >= 15 is 0 Å². The highest BCUT2D eigenvalue weighted by molar-refractivity contribution is 7.09. The van der Waals surface area contributed by atoms with Gasteiger partial charge in [-0.3, -0.25) is 0 Å². The summed E-state index contributed by atoms with van der Waals surface area (Å²) in [7, 11) is 1.46. The van der Waals surface area contributed by atoms with Crippen LogP contribution in [0, 0.1) is 5.82 Å². The number of halogens is 1. The molecule has 1 heterocycles. The fraction of sp³-hybridized carbons (Fsp3) is 0.308. The van der Waals surface area contributed by atoms with Crippen molar-refractivity contribution in [1.82, 2.24) is 10.3 Å². The molecule has 0 unspecified atom stereocenters. The number of nitrogens with zero attached hydrogens (tertiary/aromatic N) is 1. The summed E-state index contributed by atoms with van der Waals surface area (Å²) in [4.78, 5) is 4.20. The Balaban J connectivity index is 1.78. The van der Waals surface area contributed by atoms with Gasteiger partial charge in [-0.1, -0.05) is 6.07 Å². The highest BCUT2D eigenvalue weighted by Crippen LogP contribution is 2.17. The molecule has 3 nitrogen and oxygen atoms in total. The van der Waals surface area contributed by atoms with Crippen molar-refractivity contribution in [2.45, 2.75) is 13.0 Å². The number of hydrogen-bond acceptors (Lipinski definition) is 4. The zero-order chi connectivity index (χ0) is 12.8. The Morgan fingerprint density at radius 1 is 1.44 bits per heavy atom. The average molecular weight is 266 g/mol. The lowest BCUT2D eigenvalue weighted by atomic mass is 10.2. The smallest absolute Gasteiger partial charge is 0.165 e. The molecule has 0 saturated heterocycles. The van der Waals surface area contributed by atoms with Crippen LogP contribution in [0.15, 0.2) is 29.8 Å². The van der Waals surface area contributed by atoms with Crippen molar-refractivity contribution < 1.29 is 9.13 Å². The van der Waals surface area contributed by atoms with Crippen LogP contribution in [-0.2, 0) is 13.0 Å². The Labute approximate surface area is 110 Å². The lowest BCUT2D eigenvalue weighted by Crippen LogP contribution is -2.16. The van der Waals surface area contributed by atoms with E-state index in [4.69, 9.17) is 4.74 Å². The van der Waals surface area contributed by atoms with Gasteiger partial charge in [0.2, 0.25) is 0 Å². The van der Waals surface area contributed by atoms with E-state index in [1.807, 2.05) is 11.4 Å². The maximum Gasteiger partial charge on any atom is 0.165 e. The minimum Gasteiger partial charge on any atom is -0.494 e. The van der Waals surface area contributed by atoms with Crippen LogP contribution in [0.25, 0.3) is 0 Å². The third kappa shape index (κ3) is 3.51. The van der Waals surface area contributed by atoms with Gasteiger partial charge in [0.15, 0.2) is 11.6 Å². The molecule has 1 aromatic heterocycles. The van der Waals surface area contributed by atoms with E-state index in [9.17, 15) is 4.39 Å². The van der Waals surface area contributed by atoms with Crippen molar-refractivity contribution in [3.63, 3.8) is 0 Å². The molecule has 0 atom stereocenters. The Hall–Kier alpha value is -1.46. The summed E-state index contributed by atoms with van der Waals surface area (Å²) in [5, 5.41) is 6.34. The molecule has 0 bridgehead atoms. The molecule has 0 aliphatic heterocycles. The first kappa shape index (κ1) is 13.0. The van der Waals surface area contributed by atoms with Crippen LogP contribution >= 0.6 is 11.3 Å². The number of thiazole rings is 1. The van der Waals surface area contributed by atoms with E-state index in [2.05, 4.69) is 10.3 Å². The molecule has 2 rings (SSSR count). The topological polar surface area (TPSA) is 34.1 Å².